The Labute approximate surface area is 147 Å². The summed E-state index contributed by atoms with van der Waals surface area (Å²) in [7, 11) is 0. The molecule has 0 bridgehead atoms. The Balaban J connectivity index is 1.63. The van der Waals surface area contributed by atoms with Crippen molar-refractivity contribution >= 4 is 23.4 Å². The number of aryl methyl sites for hydroxylation is 1. The van der Waals surface area contributed by atoms with Crippen molar-refractivity contribution in [3.63, 3.8) is 0 Å². The van der Waals surface area contributed by atoms with E-state index in [1.165, 1.54) is 24.8 Å². The Hall–Kier alpha value is -2.63. The van der Waals surface area contributed by atoms with E-state index >= 15 is 0 Å². The third-order valence-electron chi connectivity index (χ3n) is 4.88. The number of aromatic nitrogens is 2. The van der Waals surface area contributed by atoms with Crippen molar-refractivity contribution in [1.29, 1.82) is 0 Å². The lowest BCUT2D eigenvalue weighted by atomic mass is 9.96. The van der Waals surface area contributed by atoms with Gasteiger partial charge < -0.3 is 16.0 Å². The number of hydrogen-bond acceptors (Lipinski definition) is 5. The lowest BCUT2D eigenvalue weighted by Crippen LogP contribution is -2.24. The highest BCUT2D eigenvalue weighted by Crippen LogP contribution is 2.27. The van der Waals surface area contributed by atoms with Gasteiger partial charge in [-0.2, -0.15) is 4.98 Å². The van der Waals surface area contributed by atoms with Gasteiger partial charge in [-0.05, 0) is 31.9 Å². The first kappa shape index (κ1) is 15.9. The number of fused-ring (bicyclic) bond motifs is 1. The highest BCUT2D eigenvalue weighted by Gasteiger charge is 2.27. The summed E-state index contributed by atoms with van der Waals surface area (Å²) < 4.78 is 0. The molecule has 130 valence electrons. The van der Waals surface area contributed by atoms with Crippen LogP contribution in [-0.4, -0.2) is 21.9 Å². The molecule has 0 saturated heterocycles. The van der Waals surface area contributed by atoms with Crippen LogP contribution in [0, 0.1) is 6.92 Å². The Kier molecular flexibility index (Phi) is 4.26. The van der Waals surface area contributed by atoms with Gasteiger partial charge in [0.25, 0.3) is 5.91 Å². The van der Waals surface area contributed by atoms with Gasteiger partial charge in [0.15, 0.2) is 0 Å². The average molecular weight is 337 g/mol. The summed E-state index contributed by atoms with van der Waals surface area (Å²) in [5.74, 6) is 1.06. The largest absolute Gasteiger partial charge is 0.351 e. The van der Waals surface area contributed by atoms with Gasteiger partial charge in [0.05, 0.1) is 12.2 Å². The minimum atomic E-state index is -0.117. The molecule has 2 aliphatic rings. The summed E-state index contributed by atoms with van der Waals surface area (Å²) in [6.07, 6.45) is 6.10. The molecule has 1 fully saturated rings. The van der Waals surface area contributed by atoms with Crippen molar-refractivity contribution < 1.29 is 4.79 Å². The molecule has 2 aromatic rings. The summed E-state index contributed by atoms with van der Waals surface area (Å²) in [5.41, 5.74) is 3.41. The number of benzene rings is 1. The van der Waals surface area contributed by atoms with Crippen molar-refractivity contribution in [2.45, 2.75) is 51.6 Å². The molecule has 1 saturated carbocycles. The summed E-state index contributed by atoms with van der Waals surface area (Å²) in [6, 6.07) is 8.47. The van der Waals surface area contributed by atoms with E-state index < -0.39 is 0 Å². The Morgan fingerprint density at radius 1 is 1.08 bits per heavy atom. The molecule has 4 rings (SSSR count). The molecular weight excluding hydrogens is 314 g/mol. The Morgan fingerprint density at radius 3 is 2.60 bits per heavy atom. The van der Waals surface area contributed by atoms with Gasteiger partial charge in [-0.15, -0.1) is 0 Å². The molecule has 1 aromatic carbocycles. The third kappa shape index (κ3) is 3.43. The Morgan fingerprint density at radius 2 is 1.84 bits per heavy atom. The molecule has 0 unspecified atom stereocenters. The number of hydrogen-bond donors (Lipinski definition) is 3. The van der Waals surface area contributed by atoms with E-state index in [1.54, 1.807) is 0 Å². The second-order valence-corrected chi connectivity index (χ2v) is 6.87. The molecule has 1 amide bonds. The zero-order chi connectivity index (χ0) is 17.2. The first-order valence-electron chi connectivity index (χ1n) is 8.98. The zero-order valence-corrected chi connectivity index (χ0v) is 14.4. The van der Waals surface area contributed by atoms with E-state index in [4.69, 9.17) is 0 Å². The molecule has 6 heteroatoms. The number of amides is 1. The highest BCUT2D eigenvalue weighted by atomic mass is 16.2. The van der Waals surface area contributed by atoms with Gasteiger partial charge >= 0.3 is 0 Å². The topological polar surface area (TPSA) is 78.9 Å². The van der Waals surface area contributed by atoms with Crippen LogP contribution in [-0.2, 0) is 6.54 Å². The maximum atomic E-state index is 12.2. The van der Waals surface area contributed by atoms with Gasteiger partial charge in [-0.3, -0.25) is 4.79 Å². The van der Waals surface area contributed by atoms with Gasteiger partial charge in [-0.25, -0.2) is 4.98 Å². The second kappa shape index (κ2) is 6.70. The smallest absolute Gasteiger partial charge is 0.257 e. The van der Waals surface area contributed by atoms with E-state index in [2.05, 4.69) is 25.9 Å². The summed E-state index contributed by atoms with van der Waals surface area (Å²) in [5, 5.41) is 9.59. The molecule has 0 atom stereocenters. The van der Waals surface area contributed by atoms with Crippen LogP contribution in [0.4, 0.5) is 17.5 Å². The van der Waals surface area contributed by atoms with Gasteiger partial charge in [0.2, 0.25) is 5.95 Å². The molecule has 1 aromatic heterocycles. The minimum absolute atomic E-state index is 0.117. The minimum Gasteiger partial charge on any atom is -0.351 e. The first-order chi connectivity index (χ1) is 12.2. The van der Waals surface area contributed by atoms with Crippen molar-refractivity contribution in [2.75, 3.05) is 10.6 Å². The van der Waals surface area contributed by atoms with Gasteiger partial charge in [0, 0.05) is 11.7 Å². The predicted molar refractivity (Wildman–Crippen MR) is 98.2 cm³/mol. The van der Waals surface area contributed by atoms with Crippen molar-refractivity contribution in [3.8, 4) is 0 Å². The SMILES string of the molecule is Cc1ccc(Nc2nc(NC3CCCCC3)nc3c2C(=O)NC3)cc1. The number of carbonyl (C=O) groups is 1. The molecule has 1 aliphatic heterocycles. The molecule has 0 radical (unpaired) electrons. The lowest BCUT2D eigenvalue weighted by Gasteiger charge is -2.23. The number of nitrogens with zero attached hydrogens (tertiary/aromatic N) is 2. The van der Waals surface area contributed by atoms with Crippen LogP contribution in [0.1, 0.15) is 53.7 Å². The van der Waals surface area contributed by atoms with Crippen molar-refractivity contribution in [3.05, 3.63) is 41.1 Å². The van der Waals surface area contributed by atoms with Crippen molar-refractivity contribution in [1.82, 2.24) is 15.3 Å². The third-order valence-corrected chi connectivity index (χ3v) is 4.88. The number of anilines is 3. The zero-order valence-electron chi connectivity index (χ0n) is 14.4. The average Bonchev–Trinajstić information content (AvgIpc) is 2.99. The number of rotatable bonds is 4. The molecule has 0 spiro atoms. The fraction of sp³-hybridized carbons (Fsp3) is 0.421. The van der Waals surface area contributed by atoms with Crippen LogP contribution in [0.15, 0.2) is 24.3 Å². The summed E-state index contributed by atoms with van der Waals surface area (Å²) >= 11 is 0. The van der Waals surface area contributed by atoms with Crippen molar-refractivity contribution in [2.24, 2.45) is 0 Å². The highest BCUT2D eigenvalue weighted by molar-refractivity contribution is 6.02. The van der Waals surface area contributed by atoms with E-state index in [0.717, 1.165) is 24.2 Å². The maximum Gasteiger partial charge on any atom is 0.257 e. The fourth-order valence-corrected chi connectivity index (χ4v) is 3.48. The van der Waals surface area contributed by atoms with Crippen LogP contribution in [0.2, 0.25) is 0 Å². The van der Waals surface area contributed by atoms with E-state index in [9.17, 15) is 4.79 Å². The number of carbonyl (C=O) groups excluding carboxylic acids is 1. The summed E-state index contributed by atoms with van der Waals surface area (Å²) in [4.78, 5) is 21.4. The van der Waals surface area contributed by atoms with Crippen LogP contribution in [0.3, 0.4) is 0 Å². The van der Waals surface area contributed by atoms with Crippen LogP contribution < -0.4 is 16.0 Å². The molecule has 1 aliphatic carbocycles. The molecule has 25 heavy (non-hydrogen) atoms. The standard InChI is InChI=1S/C19H23N5O/c1-12-7-9-14(10-8-12)21-17-16-15(11-20-18(16)25)23-19(24-17)22-13-5-3-2-4-6-13/h7-10,13H,2-6,11H2,1H3,(H,20,25)(H2,21,22,23,24). The Bertz CT molecular complexity index is 781. The summed E-state index contributed by atoms with van der Waals surface area (Å²) in [6.45, 7) is 2.50. The van der Waals surface area contributed by atoms with E-state index in [-0.39, 0.29) is 5.91 Å². The molecule has 2 heterocycles. The molecular formula is C19H23N5O. The first-order valence-corrected chi connectivity index (χ1v) is 8.98. The number of nitrogens with one attached hydrogen (secondary N) is 3. The van der Waals surface area contributed by atoms with Gasteiger partial charge in [-0.1, -0.05) is 37.0 Å². The second-order valence-electron chi connectivity index (χ2n) is 6.87. The normalized spacial score (nSPS) is 17.1. The van der Waals surface area contributed by atoms with Crippen LogP contribution in [0.5, 0.6) is 0 Å². The van der Waals surface area contributed by atoms with E-state index in [1.807, 2.05) is 31.2 Å². The lowest BCUT2D eigenvalue weighted by molar-refractivity contribution is 0.0966. The fourth-order valence-electron chi connectivity index (χ4n) is 3.48. The molecule has 6 nitrogen and oxygen atoms in total. The quantitative estimate of drug-likeness (QED) is 0.795. The maximum absolute atomic E-state index is 12.2. The van der Waals surface area contributed by atoms with Crippen LogP contribution >= 0.6 is 0 Å². The molecule has 3 N–H and O–H groups in total. The van der Waals surface area contributed by atoms with Gasteiger partial charge in [0.1, 0.15) is 11.4 Å². The van der Waals surface area contributed by atoms with Crippen LogP contribution in [0.25, 0.3) is 0 Å². The monoisotopic (exact) mass is 337 g/mol. The van der Waals surface area contributed by atoms with E-state index in [0.29, 0.717) is 29.9 Å². The predicted octanol–water partition coefficient (Wildman–Crippen LogP) is 3.52.